The molecule has 1 unspecified atom stereocenters. The Hall–Kier alpha value is -1.49. The number of aliphatic carboxylic acids is 1. The minimum absolute atomic E-state index is 0.0757. The fraction of sp³-hybridized carbons (Fsp3) is 0.529. The number of carbonyl (C=O) groups excluding carboxylic acids is 1. The van der Waals surface area contributed by atoms with Crippen LogP contribution in [0.15, 0.2) is 29.2 Å². The summed E-state index contributed by atoms with van der Waals surface area (Å²) in [5.74, 6) is -0.901. The largest absolute Gasteiger partial charge is 0.481 e. The third-order valence-corrected chi connectivity index (χ3v) is 4.99. The van der Waals surface area contributed by atoms with Crippen molar-refractivity contribution in [2.24, 2.45) is 5.41 Å². The van der Waals surface area contributed by atoms with Gasteiger partial charge in [0.1, 0.15) is 0 Å². The number of carbonyl (C=O) groups is 2. The monoisotopic (exact) mass is 321 g/mol. The lowest BCUT2D eigenvalue weighted by Gasteiger charge is -2.37. The molecule has 22 heavy (non-hydrogen) atoms. The van der Waals surface area contributed by atoms with Gasteiger partial charge < -0.3 is 10.0 Å². The fourth-order valence-electron chi connectivity index (χ4n) is 2.72. The second-order valence-corrected chi connectivity index (χ2v) is 8.04. The summed E-state index contributed by atoms with van der Waals surface area (Å²) in [6, 6.07) is 7.58. The average molecular weight is 321 g/mol. The van der Waals surface area contributed by atoms with Crippen molar-refractivity contribution in [3.05, 3.63) is 29.8 Å². The van der Waals surface area contributed by atoms with E-state index in [4.69, 9.17) is 0 Å². The van der Waals surface area contributed by atoms with Crippen LogP contribution in [-0.4, -0.2) is 40.2 Å². The normalized spacial score (nSPS) is 21.9. The number of likely N-dealkylation sites (tertiary alicyclic amines) is 1. The number of carboxylic acids is 1. The quantitative estimate of drug-likeness (QED) is 0.862. The molecule has 0 spiro atoms. The number of nitrogens with zero attached hydrogens (tertiary/aromatic N) is 1. The number of thioether (sulfide) groups is 1. The summed E-state index contributed by atoms with van der Waals surface area (Å²) < 4.78 is 0. The zero-order chi connectivity index (χ0) is 16.3. The van der Waals surface area contributed by atoms with E-state index in [0.29, 0.717) is 23.8 Å². The molecule has 120 valence electrons. The van der Waals surface area contributed by atoms with Crippen molar-refractivity contribution in [1.82, 2.24) is 4.90 Å². The Morgan fingerprint density at radius 2 is 1.91 bits per heavy atom. The maximum Gasteiger partial charge on any atom is 0.311 e. The number of carboxylic acid groups (broad SMARTS) is 1. The van der Waals surface area contributed by atoms with Gasteiger partial charge in [0.15, 0.2) is 0 Å². The first-order chi connectivity index (χ1) is 10.3. The third kappa shape index (κ3) is 3.83. The first-order valence-electron chi connectivity index (χ1n) is 7.61. The van der Waals surface area contributed by atoms with Crippen molar-refractivity contribution in [3.63, 3.8) is 0 Å². The standard InChI is InChI=1S/C17H23NO3S/c1-12(2)22-14-7-5-13(6-8-14)15(19)18-10-4-9-17(3,11-18)16(20)21/h5-8,12H,4,9-11H2,1-3H3,(H,20,21). The molecule has 0 radical (unpaired) electrons. The number of piperidine rings is 1. The molecule has 1 amide bonds. The highest BCUT2D eigenvalue weighted by molar-refractivity contribution is 7.99. The molecule has 1 atom stereocenters. The molecule has 1 aliphatic rings. The highest BCUT2D eigenvalue weighted by Crippen LogP contribution is 2.31. The molecular formula is C17H23NO3S. The molecule has 1 aliphatic heterocycles. The van der Waals surface area contributed by atoms with E-state index in [1.165, 1.54) is 0 Å². The molecule has 5 heteroatoms. The van der Waals surface area contributed by atoms with Crippen LogP contribution >= 0.6 is 11.8 Å². The SMILES string of the molecule is CC(C)Sc1ccc(C(=O)N2CCCC(C)(C(=O)O)C2)cc1. The Labute approximate surface area is 135 Å². The van der Waals surface area contributed by atoms with Crippen LogP contribution in [0.3, 0.4) is 0 Å². The Balaban J connectivity index is 2.09. The Kier molecular flexibility index (Phi) is 5.16. The lowest BCUT2D eigenvalue weighted by atomic mass is 9.82. The molecule has 2 rings (SSSR count). The smallest absolute Gasteiger partial charge is 0.311 e. The summed E-state index contributed by atoms with van der Waals surface area (Å²) in [4.78, 5) is 26.8. The van der Waals surface area contributed by atoms with E-state index in [2.05, 4.69) is 13.8 Å². The van der Waals surface area contributed by atoms with Crippen LogP contribution in [0.5, 0.6) is 0 Å². The van der Waals surface area contributed by atoms with Crippen molar-refractivity contribution < 1.29 is 14.7 Å². The minimum Gasteiger partial charge on any atom is -0.481 e. The molecule has 0 saturated carbocycles. The van der Waals surface area contributed by atoms with Crippen LogP contribution in [0.2, 0.25) is 0 Å². The van der Waals surface area contributed by atoms with Crippen LogP contribution in [-0.2, 0) is 4.79 Å². The number of amides is 1. The molecule has 1 heterocycles. The molecule has 1 saturated heterocycles. The molecule has 1 aromatic carbocycles. The predicted octanol–water partition coefficient (Wildman–Crippen LogP) is 3.51. The average Bonchev–Trinajstić information content (AvgIpc) is 2.46. The second kappa shape index (κ2) is 6.73. The number of benzene rings is 1. The first kappa shape index (κ1) is 16.9. The van der Waals surface area contributed by atoms with E-state index in [0.717, 1.165) is 11.3 Å². The Morgan fingerprint density at radius 3 is 2.45 bits per heavy atom. The van der Waals surface area contributed by atoms with E-state index in [1.54, 1.807) is 23.6 Å². The Morgan fingerprint density at radius 1 is 1.27 bits per heavy atom. The van der Waals surface area contributed by atoms with Gasteiger partial charge in [0.05, 0.1) is 5.41 Å². The van der Waals surface area contributed by atoms with Gasteiger partial charge in [-0.25, -0.2) is 0 Å². The van der Waals surface area contributed by atoms with Crippen LogP contribution in [0.4, 0.5) is 0 Å². The van der Waals surface area contributed by atoms with Gasteiger partial charge in [-0.2, -0.15) is 0 Å². The summed E-state index contributed by atoms with van der Waals surface area (Å²) in [6.45, 7) is 6.89. The van der Waals surface area contributed by atoms with E-state index >= 15 is 0 Å². The van der Waals surface area contributed by atoms with Gasteiger partial charge in [-0.3, -0.25) is 9.59 Å². The van der Waals surface area contributed by atoms with Crippen LogP contribution in [0.1, 0.15) is 44.0 Å². The van der Waals surface area contributed by atoms with Crippen molar-refractivity contribution in [2.45, 2.75) is 43.8 Å². The number of hydrogen-bond acceptors (Lipinski definition) is 3. The van der Waals surface area contributed by atoms with Crippen molar-refractivity contribution >= 4 is 23.6 Å². The lowest BCUT2D eigenvalue weighted by Crippen LogP contribution is -2.48. The minimum atomic E-state index is -0.832. The van der Waals surface area contributed by atoms with Crippen molar-refractivity contribution in [1.29, 1.82) is 0 Å². The van der Waals surface area contributed by atoms with Crippen LogP contribution in [0.25, 0.3) is 0 Å². The summed E-state index contributed by atoms with van der Waals surface area (Å²) in [7, 11) is 0. The highest BCUT2D eigenvalue weighted by Gasteiger charge is 2.39. The van der Waals surface area contributed by atoms with Gasteiger partial charge in [-0.1, -0.05) is 13.8 Å². The maximum atomic E-state index is 12.6. The molecule has 1 aromatic rings. The van der Waals surface area contributed by atoms with Gasteiger partial charge in [0, 0.05) is 28.8 Å². The van der Waals surface area contributed by atoms with E-state index < -0.39 is 11.4 Å². The summed E-state index contributed by atoms with van der Waals surface area (Å²) in [5, 5.41) is 9.85. The van der Waals surface area contributed by atoms with Gasteiger partial charge >= 0.3 is 5.97 Å². The summed E-state index contributed by atoms with van der Waals surface area (Å²) in [6.07, 6.45) is 1.35. The third-order valence-electron chi connectivity index (χ3n) is 3.97. The van der Waals surface area contributed by atoms with E-state index in [-0.39, 0.29) is 12.5 Å². The van der Waals surface area contributed by atoms with E-state index in [9.17, 15) is 14.7 Å². The number of rotatable bonds is 4. The topological polar surface area (TPSA) is 57.6 Å². The van der Waals surface area contributed by atoms with Crippen molar-refractivity contribution in [2.75, 3.05) is 13.1 Å². The summed E-state index contributed by atoms with van der Waals surface area (Å²) >= 11 is 1.76. The van der Waals surface area contributed by atoms with Gasteiger partial charge in [0.2, 0.25) is 0 Å². The lowest BCUT2D eigenvalue weighted by molar-refractivity contribution is -0.150. The maximum absolute atomic E-state index is 12.6. The molecule has 0 aliphatic carbocycles. The molecule has 1 N–H and O–H groups in total. The van der Waals surface area contributed by atoms with Crippen LogP contribution in [0, 0.1) is 5.41 Å². The van der Waals surface area contributed by atoms with Gasteiger partial charge in [-0.05, 0) is 44.0 Å². The molecule has 4 nitrogen and oxygen atoms in total. The van der Waals surface area contributed by atoms with Gasteiger partial charge in [0.25, 0.3) is 5.91 Å². The predicted molar refractivity (Wildman–Crippen MR) is 88.3 cm³/mol. The van der Waals surface area contributed by atoms with E-state index in [1.807, 2.05) is 24.3 Å². The van der Waals surface area contributed by atoms with Gasteiger partial charge in [-0.15, -0.1) is 11.8 Å². The molecule has 0 aromatic heterocycles. The zero-order valence-electron chi connectivity index (χ0n) is 13.3. The second-order valence-electron chi connectivity index (χ2n) is 6.39. The summed E-state index contributed by atoms with van der Waals surface area (Å²) in [5.41, 5.74) is -0.204. The fourth-order valence-corrected chi connectivity index (χ4v) is 3.56. The molecular weight excluding hydrogens is 298 g/mol. The van der Waals surface area contributed by atoms with Crippen LogP contribution < -0.4 is 0 Å². The first-order valence-corrected chi connectivity index (χ1v) is 8.49. The highest BCUT2D eigenvalue weighted by atomic mass is 32.2. The Bertz CT molecular complexity index is 556. The van der Waals surface area contributed by atoms with Crippen molar-refractivity contribution in [3.8, 4) is 0 Å². The zero-order valence-corrected chi connectivity index (χ0v) is 14.2. The number of hydrogen-bond donors (Lipinski definition) is 1. The molecule has 1 fully saturated rings. The molecule has 0 bridgehead atoms.